The summed E-state index contributed by atoms with van der Waals surface area (Å²) in [6.45, 7) is 3.53. The maximum Gasteiger partial charge on any atom is 0.357 e. The predicted octanol–water partition coefficient (Wildman–Crippen LogP) is 1.70. The zero-order valence-electron chi connectivity index (χ0n) is 7.32. The molecule has 0 fully saturated rings. The van der Waals surface area contributed by atoms with E-state index in [4.69, 9.17) is 16.3 Å². The lowest BCUT2D eigenvalue weighted by atomic mass is 10.4. The maximum absolute atomic E-state index is 11.2. The van der Waals surface area contributed by atoms with Gasteiger partial charge in [0, 0.05) is 6.20 Å². The van der Waals surface area contributed by atoms with Crippen LogP contribution in [0.1, 0.15) is 24.3 Å². The largest absolute Gasteiger partial charge is 0.458 e. The minimum absolute atomic E-state index is 0.0400. The number of hydrogen-bond donors (Lipinski definition) is 0. The van der Waals surface area contributed by atoms with E-state index in [0.717, 1.165) is 0 Å². The molecule has 1 heterocycles. The third kappa shape index (κ3) is 2.99. The SMILES string of the molecule is CC(C)OC(=O)c1ccnc(Cl)n1. The van der Waals surface area contributed by atoms with Gasteiger partial charge in [-0.2, -0.15) is 0 Å². The first-order chi connectivity index (χ1) is 6.09. The smallest absolute Gasteiger partial charge is 0.357 e. The molecule has 0 atom stereocenters. The molecule has 0 bridgehead atoms. The Balaban J connectivity index is 2.77. The van der Waals surface area contributed by atoms with Gasteiger partial charge >= 0.3 is 5.97 Å². The van der Waals surface area contributed by atoms with Gasteiger partial charge in [0.25, 0.3) is 0 Å². The number of hydrogen-bond acceptors (Lipinski definition) is 4. The van der Waals surface area contributed by atoms with Crippen LogP contribution in [-0.2, 0) is 4.74 Å². The van der Waals surface area contributed by atoms with Gasteiger partial charge in [0.2, 0.25) is 5.28 Å². The molecule has 4 nitrogen and oxygen atoms in total. The molecule has 1 aromatic rings. The summed E-state index contributed by atoms with van der Waals surface area (Å²) < 4.78 is 4.90. The van der Waals surface area contributed by atoms with Crippen molar-refractivity contribution in [2.45, 2.75) is 20.0 Å². The van der Waals surface area contributed by atoms with E-state index in [9.17, 15) is 4.79 Å². The summed E-state index contributed by atoms with van der Waals surface area (Å²) in [6, 6.07) is 1.45. The Bertz CT molecular complexity index is 315. The molecule has 13 heavy (non-hydrogen) atoms. The molecule has 0 amide bonds. The third-order valence-corrected chi connectivity index (χ3v) is 1.36. The van der Waals surface area contributed by atoms with Crippen molar-refractivity contribution in [1.82, 2.24) is 9.97 Å². The molecule has 70 valence electrons. The predicted molar refractivity (Wildman–Crippen MR) is 47.6 cm³/mol. The Morgan fingerprint density at radius 1 is 1.62 bits per heavy atom. The molecule has 0 aliphatic heterocycles. The van der Waals surface area contributed by atoms with Gasteiger partial charge in [0.1, 0.15) is 0 Å². The van der Waals surface area contributed by atoms with E-state index in [2.05, 4.69) is 9.97 Å². The van der Waals surface area contributed by atoms with Crippen LogP contribution >= 0.6 is 11.6 Å². The number of rotatable bonds is 2. The molecule has 0 spiro atoms. The van der Waals surface area contributed by atoms with Crippen LogP contribution in [0.25, 0.3) is 0 Å². The van der Waals surface area contributed by atoms with Gasteiger partial charge in [0.05, 0.1) is 6.10 Å². The molecule has 0 saturated heterocycles. The van der Waals surface area contributed by atoms with Crippen molar-refractivity contribution in [1.29, 1.82) is 0 Å². The molecular formula is C8H9ClN2O2. The van der Waals surface area contributed by atoms with E-state index in [1.165, 1.54) is 12.3 Å². The molecule has 1 aromatic heterocycles. The van der Waals surface area contributed by atoms with Gasteiger partial charge in [-0.05, 0) is 31.5 Å². The molecule has 1 rings (SSSR count). The topological polar surface area (TPSA) is 52.1 Å². The summed E-state index contributed by atoms with van der Waals surface area (Å²) in [4.78, 5) is 18.6. The molecule has 5 heteroatoms. The standard InChI is InChI=1S/C8H9ClN2O2/c1-5(2)13-7(12)6-3-4-10-8(9)11-6/h3-5H,1-2H3. The average molecular weight is 201 g/mol. The van der Waals surface area contributed by atoms with Gasteiger partial charge in [-0.15, -0.1) is 0 Å². The van der Waals surface area contributed by atoms with Crippen molar-refractivity contribution < 1.29 is 9.53 Å². The minimum Gasteiger partial charge on any atom is -0.458 e. The Hall–Kier alpha value is -1.16. The van der Waals surface area contributed by atoms with Gasteiger partial charge < -0.3 is 4.74 Å². The highest BCUT2D eigenvalue weighted by Crippen LogP contribution is 2.03. The van der Waals surface area contributed by atoms with E-state index in [-0.39, 0.29) is 17.1 Å². The number of carbonyl (C=O) groups is 1. The zero-order valence-corrected chi connectivity index (χ0v) is 8.08. The van der Waals surface area contributed by atoms with E-state index in [1.54, 1.807) is 13.8 Å². The average Bonchev–Trinajstić information content (AvgIpc) is 2.03. The quantitative estimate of drug-likeness (QED) is 0.539. The monoisotopic (exact) mass is 200 g/mol. The Kier molecular flexibility index (Phi) is 3.19. The molecule has 0 unspecified atom stereocenters. The van der Waals surface area contributed by atoms with Crippen LogP contribution in [0.2, 0.25) is 5.28 Å². The van der Waals surface area contributed by atoms with Crippen molar-refractivity contribution in [3.63, 3.8) is 0 Å². The summed E-state index contributed by atoms with van der Waals surface area (Å²) in [5, 5.41) is 0.0400. The summed E-state index contributed by atoms with van der Waals surface area (Å²) >= 11 is 5.50. The maximum atomic E-state index is 11.2. The second kappa shape index (κ2) is 4.18. The van der Waals surface area contributed by atoms with E-state index in [1.807, 2.05) is 0 Å². The van der Waals surface area contributed by atoms with Crippen LogP contribution in [-0.4, -0.2) is 22.0 Å². The second-order valence-electron chi connectivity index (χ2n) is 2.66. The molecule has 0 aliphatic carbocycles. The number of nitrogens with zero attached hydrogens (tertiary/aromatic N) is 2. The van der Waals surface area contributed by atoms with Crippen LogP contribution < -0.4 is 0 Å². The Labute approximate surface area is 80.9 Å². The molecule has 0 aromatic carbocycles. The van der Waals surface area contributed by atoms with Gasteiger partial charge in [-0.25, -0.2) is 14.8 Å². The zero-order chi connectivity index (χ0) is 9.84. The van der Waals surface area contributed by atoms with Crippen LogP contribution in [0, 0.1) is 0 Å². The lowest BCUT2D eigenvalue weighted by Crippen LogP contribution is -2.13. The lowest BCUT2D eigenvalue weighted by Gasteiger charge is -2.06. The summed E-state index contributed by atoms with van der Waals surface area (Å²) in [5.41, 5.74) is 0.175. The molecule has 0 saturated carbocycles. The first kappa shape index (κ1) is 9.92. The molecule has 0 aliphatic rings. The van der Waals surface area contributed by atoms with Crippen molar-refractivity contribution in [3.8, 4) is 0 Å². The lowest BCUT2D eigenvalue weighted by molar-refractivity contribution is 0.0370. The first-order valence-corrected chi connectivity index (χ1v) is 4.17. The normalized spacial score (nSPS) is 10.2. The van der Waals surface area contributed by atoms with Crippen LogP contribution in [0.4, 0.5) is 0 Å². The molecular weight excluding hydrogens is 192 g/mol. The number of carbonyl (C=O) groups excluding carboxylic acids is 1. The van der Waals surface area contributed by atoms with Crippen LogP contribution in [0.5, 0.6) is 0 Å². The van der Waals surface area contributed by atoms with Crippen LogP contribution in [0.15, 0.2) is 12.3 Å². The van der Waals surface area contributed by atoms with Gasteiger partial charge in [-0.1, -0.05) is 0 Å². The van der Waals surface area contributed by atoms with Crippen molar-refractivity contribution in [2.75, 3.05) is 0 Å². The fourth-order valence-corrected chi connectivity index (χ4v) is 0.870. The Morgan fingerprint density at radius 2 is 2.31 bits per heavy atom. The molecule has 0 radical (unpaired) electrons. The highest BCUT2D eigenvalue weighted by molar-refractivity contribution is 6.28. The Morgan fingerprint density at radius 3 is 2.85 bits per heavy atom. The summed E-state index contributed by atoms with van der Waals surface area (Å²) in [6.07, 6.45) is 1.24. The van der Waals surface area contributed by atoms with E-state index >= 15 is 0 Å². The van der Waals surface area contributed by atoms with E-state index < -0.39 is 5.97 Å². The first-order valence-electron chi connectivity index (χ1n) is 3.79. The number of halogens is 1. The number of ether oxygens (including phenoxy) is 1. The van der Waals surface area contributed by atoms with Gasteiger partial charge in [0.15, 0.2) is 5.69 Å². The molecule has 0 N–H and O–H groups in total. The number of esters is 1. The van der Waals surface area contributed by atoms with E-state index in [0.29, 0.717) is 0 Å². The highest BCUT2D eigenvalue weighted by atomic mass is 35.5. The third-order valence-electron chi connectivity index (χ3n) is 1.18. The number of aromatic nitrogens is 2. The second-order valence-corrected chi connectivity index (χ2v) is 3.00. The fourth-order valence-electron chi connectivity index (χ4n) is 0.723. The highest BCUT2D eigenvalue weighted by Gasteiger charge is 2.10. The minimum atomic E-state index is -0.487. The summed E-state index contributed by atoms with van der Waals surface area (Å²) in [5.74, 6) is -0.487. The van der Waals surface area contributed by atoms with Crippen LogP contribution in [0.3, 0.4) is 0 Å². The summed E-state index contributed by atoms with van der Waals surface area (Å²) in [7, 11) is 0. The fraction of sp³-hybridized carbons (Fsp3) is 0.375. The van der Waals surface area contributed by atoms with Crippen molar-refractivity contribution in [3.05, 3.63) is 23.2 Å². The van der Waals surface area contributed by atoms with Crippen molar-refractivity contribution >= 4 is 17.6 Å². The van der Waals surface area contributed by atoms with Crippen molar-refractivity contribution in [2.24, 2.45) is 0 Å². The van der Waals surface area contributed by atoms with Gasteiger partial charge in [-0.3, -0.25) is 0 Å².